The molecular weight excluding hydrogens is 366 g/mol. The molecule has 0 bridgehead atoms. The maximum absolute atomic E-state index is 12.8. The number of benzene rings is 2. The van der Waals surface area contributed by atoms with Crippen molar-refractivity contribution in [1.82, 2.24) is 9.78 Å². The Balaban J connectivity index is 1.90. The van der Waals surface area contributed by atoms with E-state index in [0.717, 1.165) is 11.4 Å². The smallest absolute Gasteiger partial charge is 0.256 e. The zero-order valence-electron chi connectivity index (χ0n) is 15.3. The van der Waals surface area contributed by atoms with E-state index in [-0.39, 0.29) is 5.91 Å². The minimum Gasteiger partial charge on any atom is -0.493 e. The average molecular weight is 386 g/mol. The molecule has 0 unspecified atom stereocenters. The molecule has 1 amide bonds. The molecule has 6 nitrogen and oxygen atoms in total. The van der Waals surface area contributed by atoms with Gasteiger partial charge < -0.3 is 14.8 Å². The highest BCUT2D eigenvalue weighted by molar-refractivity contribution is 6.30. The third kappa shape index (κ3) is 4.23. The first-order chi connectivity index (χ1) is 13.0. The van der Waals surface area contributed by atoms with Crippen LogP contribution in [0.15, 0.2) is 48.5 Å². The molecule has 1 heterocycles. The van der Waals surface area contributed by atoms with Gasteiger partial charge >= 0.3 is 0 Å². The number of carbonyl (C=O) groups is 1. The lowest BCUT2D eigenvalue weighted by molar-refractivity contribution is 0.102. The van der Waals surface area contributed by atoms with Gasteiger partial charge in [-0.25, -0.2) is 4.68 Å². The van der Waals surface area contributed by atoms with Gasteiger partial charge in [0.2, 0.25) is 0 Å². The summed E-state index contributed by atoms with van der Waals surface area (Å²) >= 11 is 6.08. The summed E-state index contributed by atoms with van der Waals surface area (Å²) in [6.07, 6.45) is 0. The van der Waals surface area contributed by atoms with Gasteiger partial charge in [0, 0.05) is 16.7 Å². The largest absolute Gasteiger partial charge is 0.493 e. The molecule has 0 saturated carbocycles. The zero-order chi connectivity index (χ0) is 19.4. The second-order valence-corrected chi connectivity index (χ2v) is 6.25. The van der Waals surface area contributed by atoms with Crippen LogP contribution < -0.4 is 14.8 Å². The first-order valence-corrected chi connectivity index (χ1v) is 8.84. The number of amides is 1. The molecule has 0 atom stereocenters. The summed E-state index contributed by atoms with van der Waals surface area (Å²) in [4.78, 5) is 12.8. The maximum Gasteiger partial charge on any atom is 0.256 e. The number of anilines is 1. The number of aryl methyl sites for hydroxylation is 1. The Labute approximate surface area is 162 Å². The number of hydrogen-bond donors (Lipinski definition) is 1. The monoisotopic (exact) mass is 385 g/mol. The van der Waals surface area contributed by atoms with Gasteiger partial charge in [-0.3, -0.25) is 4.79 Å². The van der Waals surface area contributed by atoms with Crippen molar-refractivity contribution in [2.75, 3.05) is 19.0 Å². The van der Waals surface area contributed by atoms with E-state index in [4.69, 9.17) is 21.1 Å². The van der Waals surface area contributed by atoms with Crippen molar-refractivity contribution >= 4 is 23.3 Å². The number of carbonyl (C=O) groups excluding carboxylic acids is 1. The van der Waals surface area contributed by atoms with E-state index < -0.39 is 0 Å². The zero-order valence-corrected chi connectivity index (χ0v) is 16.1. The highest BCUT2D eigenvalue weighted by atomic mass is 35.5. The lowest BCUT2D eigenvalue weighted by Gasteiger charge is -2.12. The van der Waals surface area contributed by atoms with Gasteiger partial charge in [-0.2, -0.15) is 5.10 Å². The molecule has 7 heteroatoms. The number of methoxy groups -OCH3 is 1. The van der Waals surface area contributed by atoms with Gasteiger partial charge in [0.05, 0.1) is 25.1 Å². The van der Waals surface area contributed by atoms with Crippen LogP contribution in [0.2, 0.25) is 5.02 Å². The predicted molar refractivity (Wildman–Crippen MR) is 105 cm³/mol. The minimum atomic E-state index is -0.276. The summed E-state index contributed by atoms with van der Waals surface area (Å²) in [5.41, 5.74) is 1.99. The molecule has 0 fully saturated rings. The number of aromatic nitrogens is 2. The van der Waals surface area contributed by atoms with E-state index in [1.165, 1.54) is 0 Å². The molecule has 27 heavy (non-hydrogen) atoms. The van der Waals surface area contributed by atoms with Crippen molar-refractivity contribution in [2.45, 2.75) is 13.8 Å². The van der Waals surface area contributed by atoms with E-state index in [0.29, 0.717) is 34.5 Å². The van der Waals surface area contributed by atoms with Crippen molar-refractivity contribution < 1.29 is 14.3 Å². The third-order valence-electron chi connectivity index (χ3n) is 3.85. The van der Waals surface area contributed by atoms with Crippen molar-refractivity contribution in [3.63, 3.8) is 0 Å². The fraction of sp³-hybridized carbons (Fsp3) is 0.200. The molecule has 0 aliphatic heterocycles. The van der Waals surface area contributed by atoms with Crippen LogP contribution in [0.1, 0.15) is 23.0 Å². The van der Waals surface area contributed by atoms with Crippen molar-refractivity contribution in [3.8, 4) is 17.2 Å². The summed E-state index contributed by atoms with van der Waals surface area (Å²) in [7, 11) is 1.56. The highest BCUT2D eigenvalue weighted by Crippen LogP contribution is 2.28. The Kier molecular flexibility index (Phi) is 5.66. The summed E-state index contributed by atoms with van der Waals surface area (Å²) in [5, 5.41) is 7.93. The predicted octanol–water partition coefficient (Wildman–Crippen LogP) is 4.49. The normalized spacial score (nSPS) is 10.5. The summed E-state index contributed by atoms with van der Waals surface area (Å²) in [6.45, 7) is 4.21. The number of nitrogens with one attached hydrogen (secondary N) is 1. The van der Waals surface area contributed by atoms with Crippen LogP contribution in [-0.4, -0.2) is 29.4 Å². The van der Waals surface area contributed by atoms with Crippen LogP contribution in [0, 0.1) is 6.92 Å². The number of hydrogen-bond acceptors (Lipinski definition) is 4. The van der Waals surface area contributed by atoms with Gasteiger partial charge in [-0.1, -0.05) is 17.7 Å². The molecule has 0 aliphatic rings. The quantitative estimate of drug-likeness (QED) is 0.678. The molecule has 0 saturated heterocycles. The molecule has 1 N–H and O–H groups in total. The third-order valence-corrected chi connectivity index (χ3v) is 4.09. The van der Waals surface area contributed by atoms with Crippen LogP contribution in [0.5, 0.6) is 11.5 Å². The molecule has 2 aromatic carbocycles. The van der Waals surface area contributed by atoms with Crippen LogP contribution in [0.3, 0.4) is 0 Å². The molecule has 3 rings (SSSR count). The fourth-order valence-corrected chi connectivity index (χ4v) is 2.85. The Morgan fingerprint density at radius 3 is 2.70 bits per heavy atom. The Morgan fingerprint density at radius 1 is 1.19 bits per heavy atom. The molecule has 140 valence electrons. The second kappa shape index (κ2) is 8.14. The standard InChI is InChI=1S/C20H20ClN3O3/c1-4-27-18-11-14(8-9-17(18)26-3)20(25)22-19-10-13(2)23-24(19)16-7-5-6-15(21)12-16/h5-12H,4H2,1-3H3,(H,22,25). The first kappa shape index (κ1) is 18.8. The van der Waals surface area contributed by atoms with Crippen LogP contribution >= 0.6 is 11.6 Å². The SMILES string of the molecule is CCOc1cc(C(=O)Nc2cc(C)nn2-c2cccc(Cl)c2)ccc1OC. The van der Waals surface area contributed by atoms with Crippen molar-refractivity contribution in [2.24, 2.45) is 0 Å². The fourth-order valence-electron chi connectivity index (χ4n) is 2.67. The van der Waals surface area contributed by atoms with Gasteiger partial charge in [-0.05, 0) is 50.2 Å². The van der Waals surface area contributed by atoms with E-state index in [1.807, 2.05) is 26.0 Å². The lowest BCUT2D eigenvalue weighted by atomic mass is 10.2. The van der Waals surface area contributed by atoms with E-state index in [9.17, 15) is 4.79 Å². The molecule has 0 radical (unpaired) electrons. The summed E-state index contributed by atoms with van der Waals surface area (Å²) < 4.78 is 12.4. The lowest BCUT2D eigenvalue weighted by Crippen LogP contribution is -2.15. The molecule has 0 aliphatic carbocycles. The maximum atomic E-state index is 12.8. The topological polar surface area (TPSA) is 65.4 Å². The van der Waals surface area contributed by atoms with Crippen LogP contribution in [0.4, 0.5) is 5.82 Å². The molecular formula is C20H20ClN3O3. The van der Waals surface area contributed by atoms with E-state index >= 15 is 0 Å². The summed E-state index contributed by atoms with van der Waals surface area (Å²) in [5.74, 6) is 1.37. The Hall–Kier alpha value is -2.99. The van der Waals surface area contributed by atoms with Gasteiger partial charge in [0.25, 0.3) is 5.91 Å². The highest BCUT2D eigenvalue weighted by Gasteiger charge is 2.15. The molecule has 0 spiro atoms. The second-order valence-electron chi connectivity index (χ2n) is 5.82. The first-order valence-electron chi connectivity index (χ1n) is 8.46. The van der Waals surface area contributed by atoms with Crippen LogP contribution in [0.25, 0.3) is 5.69 Å². The number of nitrogens with zero attached hydrogens (tertiary/aromatic N) is 2. The summed E-state index contributed by atoms with van der Waals surface area (Å²) in [6, 6.07) is 14.1. The van der Waals surface area contributed by atoms with Gasteiger partial charge in [0.1, 0.15) is 5.82 Å². The van der Waals surface area contributed by atoms with Crippen molar-refractivity contribution in [3.05, 3.63) is 64.8 Å². The average Bonchev–Trinajstić information content (AvgIpc) is 3.02. The van der Waals surface area contributed by atoms with Crippen molar-refractivity contribution in [1.29, 1.82) is 0 Å². The number of ether oxygens (including phenoxy) is 2. The molecule has 3 aromatic rings. The van der Waals surface area contributed by atoms with Crippen LogP contribution in [-0.2, 0) is 0 Å². The van der Waals surface area contributed by atoms with Gasteiger partial charge in [-0.15, -0.1) is 0 Å². The Bertz CT molecular complexity index is 969. The van der Waals surface area contributed by atoms with E-state index in [1.54, 1.807) is 48.2 Å². The van der Waals surface area contributed by atoms with Gasteiger partial charge in [0.15, 0.2) is 11.5 Å². The number of rotatable bonds is 6. The Morgan fingerprint density at radius 2 is 2.00 bits per heavy atom. The number of halogens is 1. The minimum absolute atomic E-state index is 0.276. The van der Waals surface area contributed by atoms with E-state index in [2.05, 4.69) is 10.4 Å². The molecule has 1 aromatic heterocycles.